The molecule has 2 atom stereocenters. The van der Waals surface area contributed by atoms with Crippen molar-refractivity contribution in [2.24, 2.45) is 11.7 Å². The summed E-state index contributed by atoms with van der Waals surface area (Å²) in [6, 6.07) is 0.0741. The number of likely N-dealkylation sites (tertiary alicyclic amines) is 1. The maximum Gasteiger partial charge on any atom is 0.410 e. The average molecular weight is 244 g/mol. The predicted octanol–water partition coefficient (Wildman–Crippen LogP) is 1.22. The molecule has 1 rings (SSSR count). The highest BCUT2D eigenvalue weighted by Crippen LogP contribution is 2.25. The first-order valence-corrected chi connectivity index (χ1v) is 6.06. The lowest BCUT2D eigenvalue weighted by molar-refractivity contribution is 0.0221. The van der Waals surface area contributed by atoms with Crippen LogP contribution in [0, 0.1) is 5.92 Å². The maximum atomic E-state index is 12.0. The van der Waals surface area contributed by atoms with Crippen molar-refractivity contribution in [3.63, 3.8) is 0 Å². The van der Waals surface area contributed by atoms with Crippen LogP contribution >= 0.6 is 0 Å². The number of hydrogen-bond donors (Lipinski definition) is 1. The second-order valence-corrected chi connectivity index (χ2v) is 5.58. The molecular formula is C12H24N2O3. The molecule has 0 radical (unpaired) electrons. The van der Waals surface area contributed by atoms with Crippen LogP contribution in [0.3, 0.4) is 0 Å². The molecule has 1 aliphatic heterocycles. The highest BCUT2D eigenvalue weighted by Gasteiger charge is 2.36. The Morgan fingerprint density at radius 2 is 2.12 bits per heavy atom. The highest BCUT2D eigenvalue weighted by molar-refractivity contribution is 5.69. The summed E-state index contributed by atoms with van der Waals surface area (Å²) in [5.74, 6) is 0.362. The van der Waals surface area contributed by atoms with E-state index in [0.29, 0.717) is 25.6 Å². The number of carbonyl (C=O) groups excluding carboxylic acids is 1. The van der Waals surface area contributed by atoms with Gasteiger partial charge in [0.2, 0.25) is 0 Å². The normalized spacial score (nSPS) is 25.1. The van der Waals surface area contributed by atoms with E-state index in [9.17, 15) is 4.79 Å². The first-order valence-electron chi connectivity index (χ1n) is 6.06. The van der Waals surface area contributed by atoms with Crippen molar-refractivity contribution >= 4 is 6.09 Å². The van der Waals surface area contributed by atoms with Crippen molar-refractivity contribution < 1.29 is 14.3 Å². The molecule has 100 valence electrons. The van der Waals surface area contributed by atoms with Crippen LogP contribution in [0.2, 0.25) is 0 Å². The zero-order valence-corrected chi connectivity index (χ0v) is 11.2. The van der Waals surface area contributed by atoms with Gasteiger partial charge >= 0.3 is 6.09 Å². The maximum absolute atomic E-state index is 12.0. The van der Waals surface area contributed by atoms with Gasteiger partial charge in [0.05, 0.1) is 6.61 Å². The van der Waals surface area contributed by atoms with Crippen molar-refractivity contribution in [1.29, 1.82) is 0 Å². The standard InChI is InChI=1S/C12H24N2O3/c1-12(2,3)17-11(15)14-7-9(8-16-4)5-10(14)6-13/h9-10H,5-8,13H2,1-4H3/t9-,10-/m0/s1. The molecule has 1 amide bonds. The summed E-state index contributed by atoms with van der Waals surface area (Å²) in [6.45, 7) is 7.40. The summed E-state index contributed by atoms with van der Waals surface area (Å²) in [4.78, 5) is 13.7. The van der Waals surface area contributed by atoms with Crippen LogP contribution in [0.1, 0.15) is 27.2 Å². The Labute approximate surface area is 103 Å². The number of nitrogens with two attached hydrogens (primary N) is 1. The molecule has 1 heterocycles. The number of methoxy groups -OCH3 is 1. The van der Waals surface area contributed by atoms with E-state index >= 15 is 0 Å². The Hall–Kier alpha value is -0.810. The van der Waals surface area contributed by atoms with Crippen LogP contribution in [0.15, 0.2) is 0 Å². The van der Waals surface area contributed by atoms with E-state index < -0.39 is 5.60 Å². The summed E-state index contributed by atoms with van der Waals surface area (Å²) in [6.07, 6.45) is 0.621. The molecule has 0 spiro atoms. The van der Waals surface area contributed by atoms with Gasteiger partial charge in [-0.2, -0.15) is 0 Å². The quantitative estimate of drug-likeness (QED) is 0.810. The van der Waals surface area contributed by atoms with Crippen molar-refractivity contribution in [3.8, 4) is 0 Å². The summed E-state index contributed by atoms with van der Waals surface area (Å²) < 4.78 is 10.5. The number of amides is 1. The fraction of sp³-hybridized carbons (Fsp3) is 0.917. The van der Waals surface area contributed by atoms with Crippen LogP contribution in [-0.4, -0.2) is 49.4 Å². The van der Waals surface area contributed by atoms with Crippen LogP contribution in [0.25, 0.3) is 0 Å². The van der Waals surface area contributed by atoms with Crippen molar-refractivity contribution in [2.75, 3.05) is 26.8 Å². The number of hydrogen-bond acceptors (Lipinski definition) is 4. The molecule has 2 N–H and O–H groups in total. The summed E-state index contributed by atoms with van der Waals surface area (Å²) in [5.41, 5.74) is 5.23. The molecule has 17 heavy (non-hydrogen) atoms. The Morgan fingerprint density at radius 3 is 2.59 bits per heavy atom. The molecular weight excluding hydrogens is 220 g/mol. The Morgan fingerprint density at radius 1 is 1.47 bits per heavy atom. The van der Waals surface area contributed by atoms with Crippen molar-refractivity contribution in [2.45, 2.75) is 38.8 Å². The van der Waals surface area contributed by atoms with E-state index in [1.807, 2.05) is 20.8 Å². The minimum absolute atomic E-state index is 0.0741. The molecule has 0 aliphatic carbocycles. The third-order valence-electron chi connectivity index (χ3n) is 2.80. The summed E-state index contributed by atoms with van der Waals surface area (Å²) in [7, 11) is 1.67. The molecule has 0 aromatic carbocycles. The number of nitrogens with zero attached hydrogens (tertiary/aromatic N) is 1. The fourth-order valence-corrected chi connectivity index (χ4v) is 2.14. The van der Waals surface area contributed by atoms with Gasteiger partial charge in [-0.1, -0.05) is 0 Å². The third kappa shape index (κ3) is 4.16. The van der Waals surface area contributed by atoms with Gasteiger partial charge in [0.25, 0.3) is 0 Å². The predicted molar refractivity (Wildman–Crippen MR) is 65.8 cm³/mol. The van der Waals surface area contributed by atoms with Gasteiger partial charge in [0, 0.05) is 32.2 Å². The number of ether oxygens (including phenoxy) is 2. The summed E-state index contributed by atoms with van der Waals surface area (Å²) >= 11 is 0. The second-order valence-electron chi connectivity index (χ2n) is 5.58. The van der Waals surface area contributed by atoms with Crippen LogP contribution < -0.4 is 5.73 Å². The van der Waals surface area contributed by atoms with Gasteiger partial charge in [-0.3, -0.25) is 0 Å². The molecule has 0 aromatic heterocycles. The average Bonchev–Trinajstić information content (AvgIpc) is 2.59. The van der Waals surface area contributed by atoms with E-state index in [-0.39, 0.29) is 12.1 Å². The van der Waals surface area contributed by atoms with Crippen molar-refractivity contribution in [3.05, 3.63) is 0 Å². The lowest BCUT2D eigenvalue weighted by atomic mass is 10.1. The second kappa shape index (κ2) is 5.69. The number of rotatable bonds is 3. The molecule has 0 bridgehead atoms. The van der Waals surface area contributed by atoms with Gasteiger partial charge in [-0.25, -0.2) is 4.79 Å². The molecule has 1 fully saturated rings. The van der Waals surface area contributed by atoms with E-state index in [4.69, 9.17) is 15.2 Å². The zero-order valence-electron chi connectivity index (χ0n) is 11.2. The first-order chi connectivity index (χ1) is 7.87. The van der Waals surface area contributed by atoms with Crippen LogP contribution in [0.4, 0.5) is 4.79 Å². The largest absolute Gasteiger partial charge is 0.444 e. The SMILES string of the molecule is COC[C@H]1C[C@@H](CN)N(C(=O)OC(C)(C)C)C1. The van der Waals surface area contributed by atoms with Gasteiger partial charge < -0.3 is 20.1 Å². The van der Waals surface area contributed by atoms with Crippen molar-refractivity contribution in [1.82, 2.24) is 4.90 Å². The molecule has 0 saturated carbocycles. The molecule has 5 nitrogen and oxygen atoms in total. The monoisotopic (exact) mass is 244 g/mol. The van der Waals surface area contributed by atoms with E-state index in [1.54, 1.807) is 12.0 Å². The van der Waals surface area contributed by atoms with Gasteiger partial charge in [0.15, 0.2) is 0 Å². The highest BCUT2D eigenvalue weighted by atomic mass is 16.6. The van der Waals surface area contributed by atoms with E-state index in [1.165, 1.54) is 0 Å². The molecule has 0 aromatic rings. The zero-order chi connectivity index (χ0) is 13.1. The first kappa shape index (κ1) is 14.3. The molecule has 5 heteroatoms. The Balaban J connectivity index is 2.59. The minimum atomic E-state index is -0.463. The van der Waals surface area contributed by atoms with Gasteiger partial charge in [-0.05, 0) is 27.2 Å². The lowest BCUT2D eigenvalue weighted by Gasteiger charge is -2.28. The smallest absolute Gasteiger partial charge is 0.410 e. The Bertz CT molecular complexity index is 263. The van der Waals surface area contributed by atoms with Crippen LogP contribution in [0.5, 0.6) is 0 Å². The molecule has 1 saturated heterocycles. The lowest BCUT2D eigenvalue weighted by Crippen LogP contribution is -2.43. The van der Waals surface area contributed by atoms with E-state index in [2.05, 4.69) is 0 Å². The third-order valence-corrected chi connectivity index (χ3v) is 2.80. The fourth-order valence-electron chi connectivity index (χ4n) is 2.14. The minimum Gasteiger partial charge on any atom is -0.444 e. The van der Waals surface area contributed by atoms with Crippen LogP contribution in [-0.2, 0) is 9.47 Å². The molecule has 1 aliphatic rings. The Kier molecular flexibility index (Phi) is 4.77. The van der Waals surface area contributed by atoms with E-state index in [0.717, 1.165) is 6.42 Å². The topological polar surface area (TPSA) is 64.8 Å². The number of carbonyl (C=O) groups is 1. The summed E-state index contributed by atoms with van der Waals surface area (Å²) in [5, 5.41) is 0. The molecule has 0 unspecified atom stereocenters. The van der Waals surface area contributed by atoms with Gasteiger partial charge in [-0.15, -0.1) is 0 Å². The van der Waals surface area contributed by atoms with Gasteiger partial charge in [0.1, 0.15) is 5.60 Å².